The molecule has 0 amide bonds. The van der Waals surface area contributed by atoms with Crippen LogP contribution < -0.4 is 5.32 Å². The lowest BCUT2D eigenvalue weighted by molar-refractivity contribution is 0.283. The zero-order valence-electron chi connectivity index (χ0n) is 8.08. The number of aromatic nitrogens is 2. The number of hydrogen-bond acceptors (Lipinski definition) is 4. The van der Waals surface area contributed by atoms with Crippen LogP contribution in [-0.4, -0.2) is 22.7 Å². The summed E-state index contributed by atoms with van der Waals surface area (Å²) < 4.78 is 5.17. The molecule has 2 atom stereocenters. The average molecular weight is 181 g/mol. The lowest BCUT2D eigenvalue weighted by Gasteiger charge is -2.26. The SMILES string of the molecule is Cc1noc(C2CCCNC2C)n1. The quantitative estimate of drug-likeness (QED) is 0.708. The highest BCUT2D eigenvalue weighted by atomic mass is 16.5. The molecule has 0 radical (unpaired) electrons. The van der Waals surface area contributed by atoms with Gasteiger partial charge in [0.15, 0.2) is 5.82 Å². The van der Waals surface area contributed by atoms with Crippen LogP contribution in [0.25, 0.3) is 0 Å². The van der Waals surface area contributed by atoms with Crippen molar-refractivity contribution < 1.29 is 4.52 Å². The molecule has 0 aliphatic carbocycles. The van der Waals surface area contributed by atoms with E-state index in [2.05, 4.69) is 22.4 Å². The van der Waals surface area contributed by atoms with Crippen LogP contribution in [-0.2, 0) is 0 Å². The van der Waals surface area contributed by atoms with E-state index in [1.54, 1.807) is 0 Å². The Bertz CT molecular complexity index is 284. The highest BCUT2D eigenvalue weighted by Crippen LogP contribution is 2.26. The smallest absolute Gasteiger partial charge is 0.231 e. The second kappa shape index (κ2) is 3.46. The van der Waals surface area contributed by atoms with Crippen molar-refractivity contribution in [1.82, 2.24) is 15.5 Å². The maximum absolute atomic E-state index is 5.17. The number of hydrogen-bond donors (Lipinski definition) is 1. The lowest BCUT2D eigenvalue weighted by atomic mass is 9.92. The fourth-order valence-electron chi connectivity index (χ4n) is 1.85. The van der Waals surface area contributed by atoms with Crippen LogP contribution in [0.5, 0.6) is 0 Å². The minimum Gasteiger partial charge on any atom is -0.339 e. The van der Waals surface area contributed by atoms with Crippen LogP contribution in [0.4, 0.5) is 0 Å². The van der Waals surface area contributed by atoms with E-state index in [-0.39, 0.29) is 0 Å². The summed E-state index contributed by atoms with van der Waals surface area (Å²) in [6.07, 6.45) is 2.34. The van der Waals surface area contributed by atoms with Crippen LogP contribution in [0.1, 0.15) is 37.4 Å². The van der Waals surface area contributed by atoms with Gasteiger partial charge in [0.1, 0.15) is 0 Å². The van der Waals surface area contributed by atoms with Gasteiger partial charge in [0.25, 0.3) is 0 Å². The lowest BCUT2D eigenvalue weighted by Crippen LogP contribution is -2.37. The maximum Gasteiger partial charge on any atom is 0.231 e. The van der Waals surface area contributed by atoms with Crippen LogP contribution in [0, 0.1) is 6.92 Å². The standard InChI is InChI=1S/C9H15N3O/c1-6-8(4-3-5-10-6)9-11-7(2)12-13-9/h6,8,10H,3-5H2,1-2H3. The molecule has 1 fully saturated rings. The minimum atomic E-state index is 0.398. The molecule has 4 nitrogen and oxygen atoms in total. The van der Waals surface area contributed by atoms with E-state index in [9.17, 15) is 0 Å². The van der Waals surface area contributed by atoms with E-state index in [4.69, 9.17) is 4.52 Å². The summed E-state index contributed by atoms with van der Waals surface area (Å²) in [7, 11) is 0. The number of nitrogens with zero attached hydrogens (tertiary/aromatic N) is 2. The monoisotopic (exact) mass is 181 g/mol. The van der Waals surface area contributed by atoms with E-state index in [1.807, 2.05) is 6.92 Å². The van der Waals surface area contributed by atoms with Crippen molar-refractivity contribution in [3.05, 3.63) is 11.7 Å². The molecule has 1 aromatic rings. The Labute approximate surface area is 77.7 Å². The summed E-state index contributed by atoms with van der Waals surface area (Å²) in [6.45, 7) is 5.13. The molecule has 1 aliphatic heterocycles. The van der Waals surface area contributed by atoms with Crippen LogP contribution >= 0.6 is 0 Å². The van der Waals surface area contributed by atoms with Gasteiger partial charge in [0.2, 0.25) is 5.89 Å². The van der Waals surface area contributed by atoms with E-state index in [0.717, 1.165) is 24.7 Å². The average Bonchev–Trinajstić information content (AvgIpc) is 2.53. The summed E-state index contributed by atoms with van der Waals surface area (Å²) >= 11 is 0. The largest absolute Gasteiger partial charge is 0.339 e. The van der Waals surface area contributed by atoms with Gasteiger partial charge >= 0.3 is 0 Å². The molecular formula is C9H15N3O. The molecule has 1 aromatic heterocycles. The van der Waals surface area contributed by atoms with Gasteiger partial charge in [-0.1, -0.05) is 5.16 Å². The van der Waals surface area contributed by atoms with E-state index in [1.165, 1.54) is 6.42 Å². The van der Waals surface area contributed by atoms with Gasteiger partial charge in [0.05, 0.1) is 5.92 Å². The van der Waals surface area contributed by atoms with Crippen molar-refractivity contribution >= 4 is 0 Å². The molecule has 72 valence electrons. The highest BCUT2D eigenvalue weighted by Gasteiger charge is 2.26. The molecule has 0 aromatic carbocycles. The third-order valence-corrected chi connectivity index (χ3v) is 2.62. The Morgan fingerprint density at radius 1 is 1.54 bits per heavy atom. The maximum atomic E-state index is 5.17. The van der Waals surface area contributed by atoms with Gasteiger partial charge in [0, 0.05) is 6.04 Å². The van der Waals surface area contributed by atoms with Crippen molar-refractivity contribution in [2.45, 2.75) is 38.6 Å². The van der Waals surface area contributed by atoms with Crippen molar-refractivity contribution in [2.75, 3.05) is 6.54 Å². The number of piperidine rings is 1. The first-order valence-corrected chi connectivity index (χ1v) is 4.81. The molecule has 0 bridgehead atoms. The zero-order valence-corrected chi connectivity index (χ0v) is 8.08. The topological polar surface area (TPSA) is 51.0 Å². The van der Waals surface area contributed by atoms with Crippen molar-refractivity contribution in [2.24, 2.45) is 0 Å². The number of nitrogens with one attached hydrogen (secondary N) is 1. The summed E-state index contributed by atoms with van der Waals surface area (Å²) in [5.41, 5.74) is 0. The summed E-state index contributed by atoms with van der Waals surface area (Å²) in [6, 6.07) is 0.452. The van der Waals surface area contributed by atoms with Gasteiger partial charge in [-0.2, -0.15) is 4.98 Å². The molecular weight excluding hydrogens is 166 g/mol. The minimum absolute atomic E-state index is 0.398. The van der Waals surface area contributed by atoms with Crippen LogP contribution in [0.3, 0.4) is 0 Å². The molecule has 2 rings (SSSR count). The molecule has 1 N–H and O–H groups in total. The summed E-state index contributed by atoms with van der Waals surface area (Å²) in [5, 5.41) is 7.22. The molecule has 4 heteroatoms. The van der Waals surface area contributed by atoms with Gasteiger partial charge in [-0.3, -0.25) is 0 Å². The Hall–Kier alpha value is -0.900. The fraction of sp³-hybridized carbons (Fsp3) is 0.778. The predicted octanol–water partition coefficient (Wildman–Crippen LogP) is 1.23. The van der Waals surface area contributed by atoms with Gasteiger partial charge in [-0.05, 0) is 33.2 Å². The first kappa shape index (κ1) is 8.69. The molecule has 0 saturated carbocycles. The third kappa shape index (κ3) is 1.72. The Balaban J connectivity index is 2.14. The second-order valence-corrected chi connectivity index (χ2v) is 3.67. The Morgan fingerprint density at radius 2 is 2.38 bits per heavy atom. The van der Waals surface area contributed by atoms with E-state index in [0.29, 0.717) is 12.0 Å². The molecule has 1 aliphatic rings. The number of rotatable bonds is 1. The summed E-state index contributed by atoms with van der Waals surface area (Å²) in [4.78, 5) is 4.27. The fourth-order valence-corrected chi connectivity index (χ4v) is 1.85. The number of aryl methyl sites for hydroxylation is 1. The first-order chi connectivity index (χ1) is 6.27. The van der Waals surface area contributed by atoms with Crippen molar-refractivity contribution in [3.63, 3.8) is 0 Å². The molecule has 2 unspecified atom stereocenters. The normalized spacial score (nSPS) is 29.1. The molecule has 2 heterocycles. The third-order valence-electron chi connectivity index (χ3n) is 2.62. The molecule has 13 heavy (non-hydrogen) atoms. The second-order valence-electron chi connectivity index (χ2n) is 3.67. The zero-order chi connectivity index (χ0) is 9.26. The first-order valence-electron chi connectivity index (χ1n) is 4.81. The molecule has 0 spiro atoms. The highest BCUT2D eigenvalue weighted by molar-refractivity contribution is 4.99. The van der Waals surface area contributed by atoms with Crippen LogP contribution in [0.15, 0.2) is 4.52 Å². The summed E-state index contributed by atoms with van der Waals surface area (Å²) in [5.74, 6) is 1.92. The Kier molecular flexibility index (Phi) is 2.31. The Morgan fingerprint density at radius 3 is 3.00 bits per heavy atom. The predicted molar refractivity (Wildman–Crippen MR) is 48.5 cm³/mol. The van der Waals surface area contributed by atoms with Crippen molar-refractivity contribution in [3.8, 4) is 0 Å². The van der Waals surface area contributed by atoms with Gasteiger partial charge < -0.3 is 9.84 Å². The van der Waals surface area contributed by atoms with E-state index >= 15 is 0 Å². The van der Waals surface area contributed by atoms with Gasteiger partial charge in [-0.15, -0.1) is 0 Å². The molecule has 1 saturated heterocycles. The van der Waals surface area contributed by atoms with Gasteiger partial charge in [-0.25, -0.2) is 0 Å². The van der Waals surface area contributed by atoms with E-state index < -0.39 is 0 Å². The van der Waals surface area contributed by atoms with Crippen LogP contribution in [0.2, 0.25) is 0 Å². The van der Waals surface area contributed by atoms with Crippen molar-refractivity contribution in [1.29, 1.82) is 0 Å².